The van der Waals surface area contributed by atoms with Crippen LogP contribution in [-0.2, 0) is 12.5 Å². The molecule has 0 atom stereocenters. The van der Waals surface area contributed by atoms with Crippen LogP contribution in [0.15, 0.2) is 54.7 Å². The van der Waals surface area contributed by atoms with Crippen molar-refractivity contribution in [2.45, 2.75) is 26.2 Å². The molecule has 2 aromatic heterocycles. The maximum Gasteiger partial charge on any atom is 0.290 e. The van der Waals surface area contributed by atoms with E-state index in [9.17, 15) is 0 Å². The molecule has 24 heavy (non-hydrogen) atoms. The van der Waals surface area contributed by atoms with Crippen LogP contribution in [0.25, 0.3) is 27.6 Å². The summed E-state index contributed by atoms with van der Waals surface area (Å²) in [5, 5.41) is 2.70. The van der Waals surface area contributed by atoms with Gasteiger partial charge in [0.05, 0.1) is 18.8 Å². The quantitative estimate of drug-likeness (QED) is 0.421. The van der Waals surface area contributed by atoms with Gasteiger partial charge < -0.3 is 0 Å². The van der Waals surface area contributed by atoms with E-state index in [0.29, 0.717) is 0 Å². The first kappa shape index (κ1) is 13.8. The highest BCUT2D eigenvalue weighted by Crippen LogP contribution is 2.46. The molecule has 0 radical (unpaired) electrons. The Labute approximate surface area is 142 Å². The smallest absolute Gasteiger partial charge is 0.236 e. The van der Waals surface area contributed by atoms with Gasteiger partial charge in [0.25, 0.3) is 5.82 Å². The van der Waals surface area contributed by atoms with Gasteiger partial charge in [-0.1, -0.05) is 38.1 Å². The first-order valence-electron chi connectivity index (χ1n) is 8.54. The lowest BCUT2D eigenvalue weighted by Gasteiger charge is -2.30. The van der Waals surface area contributed by atoms with Gasteiger partial charge in [-0.2, -0.15) is 4.57 Å². The lowest BCUT2D eigenvalue weighted by molar-refractivity contribution is -0.666. The minimum Gasteiger partial charge on any atom is -0.236 e. The van der Waals surface area contributed by atoms with E-state index in [-0.39, 0.29) is 5.41 Å². The van der Waals surface area contributed by atoms with Crippen LogP contribution >= 0.6 is 0 Å². The predicted molar refractivity (Wildman–Crippen MR) is 98.8 cm³/mol. The van der Waals surface area contributed by atoms with Crippen LogP contribution in [0.5, 0.6) is 0 Å². The number of aryl methyl sites for hydroxylation is 2. The van der Waals surface area contributed by atoms with E-state index in [1.165, 1.54) is 44.3 Å². The van der Waals surface area contributed by atoms with Gasteiger partial charge in [0.15, 0.2) is 0 Å². The lowest BCUT2D eigenvalue weighted by atomic mass is 9.75. The summed E-state index contributed by atoms with van der Waals surface area (Å²) in [7, 11) is 2.15. The van der Waals surface area contributed by atoms with Crippen LogP contribution in [0.1, 0.15) is 30.5 Å². The molecule has 4 aromatic rings. The first-order valence-corrected chi connectivity index (χ1v) is 8.54. The molecule has 118 valence electrons. The van der Waals surface area contributed by atoms with Crippen molar-refractivity contribution in [2.75, 3.05) is 0 Å². The predicted octanol–water partition coefficient (Wildman–Crippen LogP) is 4.56. The van der Waals surface area contributed by atoms with Crippen LogP contribution in [0.3, 0.4) is 0 Å². The summed E-state index contributed by atoms with van der Waals surface area (Å²) in [4.78, 5) is 0. The molecule has 2 aromatic carbocycles. The van der Waals surface area contributed by atoms with Gasteiger partial charge >= 0.3 is 0 Å². The summed E-state index contributed by atoms with van der Waals surface area (Å²) >= 11 is 0. The number of pyridine rings is 1. The Morgan fingerprint density at radius 2 is 1.50 bits per heavy atom. The van der Waals surface area contributed by atoms with Gasteiger partial charge in [-0.25, -0.2) is 4.57 Å². The molecule has 2 heteroatoms. The first-order chi connectivity index (χ1) is 11.5. The summed E-state index contributed by atoms with van der Waals surface area (Å²) in [6.45, 7) is 6.90. The zero-order chi connectivity index (χ0) is 16.6. The maximum atomic E-state index is 2.48. The maximum absolute atomic E-state index is 2.48. The minimum absolute atomic E-state index is 0.00779. The van der Waals surface area contributed by atoms with E-state index >= 15 is 0 Å². The van der Waals surface area contributed by atoms with E-state index in [4.69, 9.17) is 0 Å². The standard InChI is InChI=1S/C22H21N2/c1-14-8-5-9-15-16-10-6-11-17-20(16)24(19(14)15)21-18(22(17,2)3)12-7-13-23(21)4/h5-13H,1-4H3/q+1. The Kier molecular flexibility index (Phi) is 2.45. The number of benzene rings is 2. The number of hydrogen-bond donors (Lipinski definition) is 0. The fourth-order valence-corrected chi connectivity index (χ4v) is 4.52. The average molecular weight is 313 g/mol. The van der Waals surface area contributed by atoms with Gasteiger partial charge in [-0.05, 0) is 36.8 Å². The van der Waals surface area contributed by atoms with Gasteiger partial charge in [0, 0.05) is 21.8 Å². The topological polar surface area (TPSA) is 8.81 Å². The van der Waals surface area contributed by atoms with Gasteiger partial charge in [0.1, 0.15) is 11.0 Å². The van der Waals surface area contributed by atoms with Crippen LogP contribution in [0, 0.1) is 6.92 Å². The van der Waals surface area contributed by atoms with Crippen molar-refractivity contribution in [3.8, 4) is 5.82 Å². The molecule has 0 fully saturated rings. The molecule has 3 heterocycles. The van der Waals surface area contributed by atoms with Crippen LogP contribution < -0.4 is 4.57 Å². The summed E-state index contributed by atoms with van der Waals surface area (Å²) in [5.74, 6) is 1.29. The van der Waals surface area contributed by atoms with Crippen molar-refractivity contribution < 1.29 is 4.57 Å². The number of fused-ring (bicyclic) bond motifs is 5. The molecule has 2 nitrogen and oxygen atoms in total. The molecule has 1 aliphatic rings. The SMILES string of the molecule is Cc1cccc2c3cccc4c3n(c12)-c1c(ccc[n+]1C)C4(C)C. The van der Waals surface area contributed by atoms with E-state index < -0.39 is 0 Å². The zero-order valence-corrected chi connectivity index (χ0v) is 14.6. The molecule has 0 amide bonds. The van der Waals surface area contributed by atoms with Crippen molar-refractivity contribution in [2.24, 2.45) is 7.05 Å². The normalized spacial score (nSPS) is 15.0. The Hall–Kier alpha value is -2.61. The highest BCUT2D eigenvalue weighted by molar-refractivity contribution is 6.12. The molecule has 0 bridgehead atoms. The summed E-state index contributed by atoms with van der Waals surface area (Å²) in [6.07, 6.45) is 2.15. The Morgan fingerprint density at radius 3 is 2.29 bits per heavy atom. The zero-order valence-electron chi connectivity index (χ0n) is 14.6. The molecule has 0 unspecified atom stereocenters. The fraction of sp³-hybridized carbons (Fsp3) is 0.227. The van der Waals surface area contributed by atoms with Crippen molar-refractivity contribution in [1.82, 2.24) is 4.57 Å². The van der Waals surface area contributed by atoms with Crippen LogP contribution in [0.2, 0.25) is 0 Å². The third-order valence-electron chi connectivity index (χ3n) is 5.72. The monoisotopic (exact) mass is 313 g/mol. The van der Waals surface area contributed by atoms with Gasteiger partial charge in [0.2, 0.25) is 0 Å². The third-order valence-corrected chi connectivity index (χ3v) is 5.72. The van der Waals surface area contributed by atoms with E-state index in [1.54, 1.807) is 0 Å². The highest BCUT2D eigenvalue weighted by atomic mass is 15.1. The second-order valence-corrected chi connectivity index (χ2v) is 7.49. The average Bonchev–Trinajstić information content (AvgIpc) is 2.90. The van der Waals surface area contributed by atoms with E-state index in [1.807, 2.05) is 0 Å². The summed E-state index contributed by atoms with van der Waals surface area (Å²) < 4.78 is 4.74. The molecule has 0 saturated carbocycles. The largest absolute Gasteiger partial charge is 0.290 e. The third kappa shape index (κ3) is 1.44. The molecule has 1 aliphatic heterocycles. The second-order valence-electron chi connectivity index (χ2n) is 7.49. The molecule has 0 spiro atoms. The van der Waals surface area contributed by atoms with Crippen molar-refractivity contribution >= 4 is 21.8 Å². The molecule has 5 rings (SSSR count). The number of para-hydroxylation sites is 2. The Morgan fingerprint density at radius 1 is 0.833 bits per heavy atom. The van der Waals surface area contributed by atoms with E-state index in [2.05, 4.69) is 91.7 Å². The molecule has 0 N–H and O–H groups in total. The summed E-state index contributed by atoms with van der Waals surface area (Å²) in [5.41, 5.74) is 6.80. The van der Waals surface area contributed by atoms with Crippen molar-refractivity contribution in [1.29, 1.82) is 0 Å². The van der Waals surface area contributed by atoms with Crippen LogP contribution in [-0.4, -0.2) is 4.57 Å². The fourth-order valence-electron chi connectivity index (χ4n) is 4.52. The molecular formula is C22H21N2+. The number of rotatable bonds is 0. The Balaban J connectivity index is 2.18. The lowest BCUT2D eigenvalue weighted by Crippen LogP contribution is -2.40. The Bertz CT molecular complexity index is 1150. The van der Waals surface area contributed by atoms with Crippen LogP contribution in [0.4, 0.5) is 0 Å². The van der Waals surface area contributed by atoms with Gasteiger partial charge in [-0.3, -0.25) is 0 Å². The van der Waals surface area contributed by atoms with E-state index in [0.717, 1.165) is 0 Å². The number of aromatic nitrogens is 2. The molecule has 0 aliphatic carbocycles. The minimum atomic E-state index is -0.00779. The number of nitrogens with zero attached hydrogens (tertiary/aromatic N) is 2. The van der Waals surface area contributed by atoms with Crippen molar-refractivity contribution in [3.05, 3.63) is 71.4 Å². The molecule has 0 saturated heterocycles. The van der Waals surface area contributed by atoms with Gasteiger partial charge in [-0.15, -0.1) is 0 Å². The van der Waals surface area contributed by atoms with Crippen molar-refractivity contribution in [3.63, 3.8) is 0 Å². The highest BCUT2D eigenvalue weighted by Gasteiger charge is 2.41. The molecular weight excluding hydrogens is 292 g/mol. The summed E-state index contributed by atoms with van der Waals surface area (Å²) in [6, 6.07) is 17.8. The second kappa shape index (κ2) is 4.27. The number of hydrogen-bond acceptors (Lipinski definition) is 0.